The number of amides is 1. The van der Waals surface area contributed by atoms with Crippen molar-refractivity contribution in [3.05, 3.63) is 34.6 Å². The van der Waals surface area contributed by atoms with Gasteiger partial charge in [0, 0.05) is 17.6 Å². The molecular formula is C16H22ClFN2O. The molecule has 1 aliphatic rings. The van der Waals surface area contributed by atoms with E-state index in [1.807, 2.05) is 6.92 Å². The molecular weight excluding hydrogens is 291 g/mol. The third kappa shape index (κ3) is 3.55. The molecule has 0 heterocycles. The molecule has 1 aliphatic carbocycles. The van der Waals surface area contributed by atoms with E-state index in [9.17, 15) is 9.18 Å². The lowest BCUT2D eigenvalue weighted by Gasteiger charge is -2.39. The van der Waals surface area contributed by atoms with Crippen molar-refractivity contribution in [2.24, 2.45) is 11.7 Å². The molecule has 1 saturated carbocycles. The third-order valence-corrected chi connectivity index (χ3v) is 4.57. The summed E-state index contributed by atoms with van der Waals surface area (Å²) in [5, 5.41) is 0.370. The van der Waals surface area contributed by atoms with Crippen LogP contribution in [0.5, 0.6) is 0 Å². The molecule has 21 heavy (non-hydrogen) atoms. The summed E-state index contributed by atoms with van der Waals surface area (Å²) in [7, 11) is 0. The summed E-state index contributed by atoms with van der Waals surface area (Å²) in [4.78, 5) is 14.5. The van der Waals surface area contributed by atoms with E-state index < -0.39 is 5.82 Å². The molecule has 0 bridgehead atoms. The lowest BCUT2D eigenvalue weighted by atomic mass is 9.83. The van der Waals surface area contributed by atoms with Crippen LogP contribution in [-0.2, 0) is 0 Å². The number of hydrogen-bond acceptors (Lipinski definition) is 2. The normalized spacial score (nSPS) is 22.1. The van der Waals surface area contributed by atoms with Gasteiger partial charge in [-0.2, -0.15) is 0 Å². The Morgan fingerprint density at radius 3 is 2.81 bits per heavy atom. The van der Waals surface area contributed by atoms with E-state index in [-0.39, 0.29) is 17.5 Å². The second kappa shape index (κ2) is 7.23. The first-order valence-corrected chi connectivity index (χ1v) is 7.92. The summed E-state index contributed by atoms with van der Waals surface area (Å²) in [5.41, 5.74) is 5.89. The Hall–Kier alpha value is -1.13. The maximum absolute atomic E-state index is 13.9. The highest BCUT2D eigenvalue weighted by Crippen LogP contribution is 2.29. The Kier molecular flexibility index (Phi) is 5.59. The van der Waals surface area contributed by atoms with Gasteiger partial charge in [-0.15, -0.1) is 0 Å². The van der Waals surface area contributed by atoms with Crippen molar-refractivity contribution in [3.8, 4) is 0 Å². The number of hydrogen-bond donors (Lipinski definition) is 1. The lowest BCUT2D eigenvalue weighted by Crippen LogP contribution is -2.48. The van der Waals surface area contributed by atoms with Gasteiger partial charge in [0.1, 0.15) is 5.82 Å². The van der Waals surface area contributed by atoms with Crippen molar-refractivity contribution in [3.63, 3.8) is 0 Å². The van der Waals surface area contributed by atoms with Crippen LogP contribution >= 0.6 is 11.6 Å². The highest BCUT2D eigenvalue weighted by atomic mass is 35.5. The first-order chi connectivity index (χ1) is 10.1. The van der Waals surface area contributed by atoms with Crippen LogP contribution in [0.3, 0.4) is 0 Å². The molecule has 2 N–H and O–H groups in total. The number of carbonyl (C=O) groups excluding carboxylic acids is 1. The van der Waals surface area contributed by atoms with Gasteiger partial charge >= 0.3 is 0 Å². The Labute approximate surface area is 130 Å². The van der Waals surface area contributed by atoms with Crippen LogP contribution in [-0.4, -0.2) is 29.9 Å². The fraction of sp³-hybridized carbons (Fsp3) is 0.562. The number of carbonyl (C=O) groups is 1. The van der Waals surface area contributed by atoms with E-state index in [1.54, 1.807) is 4.90 Å². The topological polar surface area (TPSA) is 46.3 Å². The lowest BCUT2D eigenvalue weighted by molar-refractivity contribution is 0.0555. The molecule has 2 atom stereocenters. The number of nitrogens with zero attached hydrogens (tertiary/aromatic N) is 1. The molecule has 5 heteroatoms. The van der Waals surface area contributed by atoms with E-state index in [1.165, 1.54) is 18.2 Å². The van der Waals surface area contributed by atoms with Crippen molar-refractivity contribution in [1.82, 2.24) is 4.90 Å². The summed E-state index contributed by atoms with van der Waals surface area (Å²) in [6.07, 6.45) is 4.20. The summed E-state index contributed by atoms with van der Waals surface area (Å²) < 4.78 is 13.9. The predicted molar refractivity (Wildman–Crippen MR) is 82.9 cm³/mol. The maximum Gasteiger partial charge on any atom is 0.257 e. The molecule has 0 saturated heterocycles. The van der Waals surface area contributed by atoms with Crippen LogP contribution in [0.4, 0.5) is 4.39 Å². The monoisotopic (exact) mass is 312 g/mol. The summed E-state index contributed by atoms with van der Waals surface area (Å²) in [5.74, 6) is -0.518. The highest BCUT2D eigenvalue weighted by molar-refractivity contribution is 6.31. The van der Waals surface area contributed by atoms with Crippen LogP contribution in [0.25, 0.3) is 0 Å². The molecule has 0 aliphatic heterocycles. The fourth-order valence-electron chi connectivity index (χ4n) is 3.22. The number of nitrogens with two attached hydrogens (primary N) is 1. The Balaban J connectivity index is 2.27. The molecule has 1 fully saturated rings. The summed E-state index contributed by atoms with van der Waals surface area (Å²) in [6.45, 7) is 3.03. The SMILES string of the molecule is CCN(C(=O)c1cc(Cl)ccc1F)C1CCCCC1CN. The van der Waals surface area contributed by atoms with E-state index in [0.29, 0.717) is 24.0 Å². The zero-order valence-electron chi connectivity index (χ0n) is 12.3. The maximum atomic E-state index is 13.9. The molecule has 2 rings (SSSR count). The van der Waals surface area contributed by atoms with Crippen LogP contribution in [0.15, 0.2) is 18.2 Å². The molecule has 1 aromatic carbocycles. The van der Waals surface area contributed by atoms with Gasteiger partial charge in [0.15, 0.2) is 0 Å². The van der Waals surface area contributed by atoms with Crippen molar-refractivity contribution >= 4 is 17.5 Å². The van der Waals surface area contributed by atoms with E-state index in [0.717, 1.165) is 25.7 Å². The van der Waals surface area contributed by atoms with Crippen molar-refractivity contribution < 1.29 is 9.18 Å². The van der Waals surface area contributed by atoms with Crippen LogP contribution < -0.4 is 5.73 Å². The average Bonchev–Trinajstić information content (AvgIpc) is 2.50. The largest absolute Gasteiger partial charge is 0.336 e. The van der Waals surface area contributed by atoms with Gasteiger partial charge in [0.05, 0.1) is 5.56 Å². The average molecular weight is 313 g/mol. The van der Waals surface area contributed by atoms with Crippen LogP contribution in [0.2, 0.25) is 5.02 Å². The van der Waals surface area contributed by atoms with Gasteiger partial charge in [-0.05, 0) is 50.4 Å². The quantitative estimate of drug-likeness (QED) is 0.925. The van der Waals surface area contributed by atoms with E-state index >= 15 is 0 Å². The zero-order chi connectivity index (χ0) is 15.4. The minimum atomic E-state index is -0.525. The first-order valence-electron chi connectivity index (χ1n) is 7.54. The van der Waals surface area contributed by atoms with Gasteiger partial charge in [0.2, 0.25) is 0 Å². The smallest absolute Gasteiger partial charge is 0.257 e. The van der Waals surface area contributed by atoms with Crippen LogP contribution in [0, 0.1) is 11.7 Å². The number of halogens is 2. The van der Waals surface area contributed by atoms with Gasteiger partial charge in [-0.3, -0.25) is 4.79 Å². The standard InChI is InChI=1S/C16H22ClFN2O/c1-2-20(15-6-4-3-5-11(15)10-19)16(21)13-9-12(17)7-8-14(13)18/h7-9,11,15H,2-6,10,19H2,1H3. The zero-order valence-corrected chi connectivity index (χ0v) is 13.1. The number of rotatable bonds is 4. The molecule has 116 valence electrons. The highest BCUT2D eigenvalue weighted by Gasteiger charge is 2.32. The minimum Gasteiger partial charge on any atom is -0.336 e. The van der Waals surface area contributed by atoms with E-state index in [4.69, 9.17) is 17.3 Å². The first kappa shape index (κ1) is 16.2. The predicted octanol–water partition coefficient (Wildman–Crippen LogP) is 3.46. The number of benzene rings is 1. The van der Waals surface area contributed by atoms with Gasteiger partial charge in [-0.25, -0.2) is 4.39 Å². The van der Waals surface area contributed by atoms with Crippen molar-refractivity contribution in [2.75, 3.05) is 13.1 Å². The second-order valence-corrected chi connectivity index (χ2v) is 6.00. The fourth-order valence-corrected chi connectivity index (χ4v) is 3.39. The molecule has 1 aromatic rings. The molecule has 0 radical (unpaired) electrons. The molecule has 2 unspecified atom stereocenters. The van der Waals surface area contributed by atoms with Gasteiger partial charge < -0.3 is 10.6 Å². The molecule has 1 amide bonds. The molecule has 0 aromatic heterocycles. The summed E-state index contributed by atoms with van der Waals surface area (Å²) >= 11 is 5.89. The Bertz CT molecular complexity index is 509. The third-order valence-electron chi connectivity index (χ3n) is 4.33. The van der Waals surface area contributed by atoms with E-state index in [2.05, 4.69) is 0 Å². The Morgan fingerprint density at radius 2 is 2.14 bits per heavy atom. The van der Waals surface area contributed by atoms with Crippen molar-refractivity contribution in [2.45, 2.75) is 38.6 Å². The second-order valence-electron chi connectivity index (χ2n) is 5.56. The molecule has 0 spiro atoms. The van der Waals surface area contributed by atoms with Gasteiger partial charge in [-0.1, -0.05) is 24.4 Å². The Morgan fingerprint density at radius 1 is 1.43 bits per heavy atom. The summed E-state index contributed by atoms with van der Waals surface area (Å²) in [6, 6.07) is 4.19. The molecule has 3 nitrogen and oxygen atoms in total. The minimum absolute atomic E-state index is 0.0469. The van der Waals surface area contributed by atoms with Crippen LogP contribution in [0.1, 0.15) is 43.0 Å². The van der Waals surface area contributed by atoms with Crippen molar-refractivity contribution in [1.29, 1.82) is 0 Å². The van der Waals surface area contributed by atoms with Gasteiger partial charge in [0.25, 0.3) is 5.91 Å².